The predicted molar refractivity (Wildman–Crippen MR) is 89.2 cm³/mol. The van der Waals surface area contributed by atoms with E-state index < -0.39 is 0 Å². The van der Waals surface area contributed by atoms with Gasteiger partial charge in [-0.15, -0.1) is 0 Å². The van der Waals surface area contributed by atoms with Gasteiger partial charge >= 0.3 is 0 Å². The third-order valence-corrected chi connectivity index (χ3v) is 4.74. The summed E-state index contributed by atoms with van der Waals surface area (Å²) in [5, 5.41) is 3.05. The van der Waals surface area contributed by atoms with Crippen molar-refractivity contribution in [2.24, 2.45) is 0 Å². The van der Waals surface area contributed by atoms with Gasteiger partial charge in [-0.25, -0.2) is 0 Å². The van der Waals surface area contributed by atoms with Crippen LogP contribution in [0.15, 0.2) is 24.3 Å². The first-order valence-electron chi connectivity index (χ1n) is 8.15. The van der Waals surface area contributed by atoms with Crippen LogP contribution in [0.5, 0.6) is 5.75 Å². The molecule has 0 atom stereocenters. The summed E-state index contributed by atoms with van der Waals surface area (Å²) in [6.45, 7) is 2.81. The van der Waals surface area contributed by atoms with Crippen LogP contribution >= 0.6 is 0 Å². The molecule has 1 aliphatic carbocycles. The minimum atomic E-state index is -0.0487. The predicted octanol–water partition coefficient (Wildman–Crippen LogP) is 2.75. The molecule has 0 unspecified atom stereocenters. The number of hydrogen-bond donors (Lipinski definition) is 1. The van der Waals surface area contributed by atoms with E-state index in [4.69, 9.17) is 4.74 Å². The number of amides is 1. The molecule has 1 saturated carbocycles. The van der Waals surface area contributed by atoms with E-state index >= 15 is 0 Å². The molecule has 2 rings (SSSR count). The van der Waals surface area contributed by atoms with Crippen LogP contribution in [0, 0.1) is 6.92 Å². The zero-order valence-electron chi connectivity index (χ0n) is 14.0. The quantitative estimate of drug-likeness (QED) is 0.878. The summed E-state index contributed by atoms with van der Waals surface area (Å²) in [4.78, 5) is 14.3. The van der Waals surface area contributed by atoms with E-state index in [0.717, 1.165) is 18.6 Å². The molecule has 0 aliphatic heterocycles. The Morgan fingerprint density at radius 2 is 1.82 bits per heavy atom. The number of likely N-dealkylation sites (N-methyl/N-ethyl adjacent to an activating group) is 1. The number of aryl methyl sites for hydroxylation is 1. The van der Waals surface area contributed by atoms with Crippen molar-refractivity contribution in [3.8, 4) is 5.75 Å². The topological polar surface area (TPSA) is 41.6 Å². The van der Waals surface area contributed by atoms with Gasteiger partial charge in [0.25, 0.3) is 5.91 Å². The molecule has 1 fully saturated rings. The van der Waals surface area contributed by atoms with Crippen LogP contribution in [0.1, 0.15) is 37.7 Å². The monoisotopic (exact) mass is 304 g/mol. The molecule has 1 N–H and O–H groups in total. The second kappa shape index (κ2) is 7.63. The molecular formula is C18H28N2O2. The van der Waals surface area contributed by atoms with E-state index in [2.05, 4.69) is 24.3 Å². The van der Waals surface area contributed by atoms with Crippen molar-refractivity contribution in [2.75, 3.05) is 27.2 Å². The maximum Gasteiger partial charge on any atom is 0.258 e. The lowest BCUT2D eigenvalue weighted by Crippen LogP contribution is -2.54. The summed E-state index contributed by atoms with van der Waals surface area (Å²) < 4.78 is 5.53. The molecule has 0 bridgehead atoms. The largest absolute Gasteiger partial charge is 0.484 e. The Morgan fingerprint density at radius 1 is 1.18 bits per heavy atom. The number of ether oxygens (including phenoxy) is 1. The molecule has 122 valence electrons. The Balaban J connectivity index is 1.80. The van der Waals surface area contributed by atoms with E-state index in [-0.39, 0.29) is 18.1 Å². The standard InChI is InChI=1S/C18H28N2O2/c1-15-7-9-16(10-8-15)22-13-17(21)19-14-18(20(2)3)11-5-4-6-12-18/h7-10H,4-6,11-14H2,1-3H3,(H,19,21). The zero-order valence-corrected chi connectivity index (χ0v) is 14.0. The summed E-state index contributed by atoms with van der Waals surface area (Å²) in [7, 11) is 4.22. The highest BCUT2D eigenvalue weighted by Crippen LogP contribution is 2.31. The van der Waals surface area contributed by atoms with Crippen molar-refractivity contribution < 1.29 is 9.53 Å². The van der Waals surface area contributed by atoms with Crippen molar-refractivity contribution in [3.05, 3.63) is 29.8 Å². The molecule has 22 heavy (non-hydrogen) atoms. The minimum Gasteiger partial charge on any atom is -0.484 e. The second-order valence-corrected chi connectivity index (χ2v) is 6.56. The fourth-order valence-corrected chi connectivity index (χ4v) is 3.09. The smallest absolute Gasteiger partial charge is 0.258 e. The van der Waals surface area contributed by atoms with Crippen LogP contribution in [-0.2, 0) is 4.79 Å². The number of carbonyl (C=O) groups is 1. The van der Waals surface area contributed by atoms with E-state index in [9.17, 15) is 4.79 Å². The number of nitrogens with one attached hydrogen (secondary N) is 1. The van der Waals surface area contributed by atoms with Crippen LogP contribution in [0.3, 0.4) is 0 Å². The number of benzene rings is 1. The Hall–Kier alpha value is -1.55. The molecule has 0 heterocycles. The highest BCUT2D eigenvalue weighted by Gasteiger charge is 2.34. The zero-order chi connectivity index (χ0) is 16.0. The lowest BCUT2D eigenvalue weighted by Gasteiger charge is -2.43. The Labute approximate surface area is 133 Å². The van der Waals surface area contributed by atoms with E-state index in [1.54, 1.807) is 0 Å². The highest BCUT2D eigenvalue weighted by atomic mass is 16.5. The minimum absolute atomic E-state index is 0.0487. The SMILES string of the molecule is Cc1ccc(OCC(=O)NCC2(N(C)C)CCCCC2)cc1. The van der Waals surface area contributed by atoms with Gasteiger partial charge in [0.05, 0.1) is 0 Å². The Kier molecular flexibility index (Phi) is 5.83. The molecule has 1 aromatic rings. The third kappa shape index (κ3) is 4.47. The van der Waals surface area contributed by atoms with Gasteiger partial charge in [-0.2, -0.15) is 0 Å². The van der Waals surface area contributed by atoms with Gasteiger partial charge in [-0.1, -0.05) is 37.0 Å². The van der Waals surface area contributed by atoms with E-state index in [1.165, 1.54) is 24.8 Å². The average Bonchev–Trinajstić information content (AvgIpc) is 2.53. The van der Waals surface area contributed by atoms with Crippen molar-refractivity contribution in [3.63, 3.8) is 0 Å². The van der Waals surface area contributed by atoms with Gasteiger partial charge in [-0.05, 0) is 46.0 Å². The molecular weight excluding hydrogens is 276 g/mol. The molecule has 4 nitrogen and oxygen atoms in total. The van der Waals surface area contributed by atoms with Crippen molar-refractivity contribution in [1.29, 1.82) is 0 Å². The first-order chi connectivity index (χ1) is 10.5. The molecule has 1 amide bonds. The maximum absolute atomic E-state index is 12.0. The third-order valence-electron chi connectivity index (χ3n) is 4.74. The Morgan fingerprint density at radius 3 is 2.41 bits per heavy atom. The number of hydrogen-bond acceptors (Lipinski definition) is 3. The van der Waals surface area contributed by atoms with Crippen LogP contribution < -0.4 is 10.1 Å². The number of nitrogens with zero attached hydrogens (tertiary/aromatic N) is 1. The van der Waals surface area contributed by atoms with Crippen molar-refractivity contribution in [2.45, 2.75) is 44.6 Å². The summed E-state index contributed by atoms with van der Waals surface area (Å²) in [6.07, 6.45) is 6.10. The van der Waals surface area contributed by atoms with Gasteiger partial charge in [-0.3, -0.25) is 4.79 Å². The van der Waals surface area contributed by atoms with Crippen LogP contribution in [-0.4, -0.2) is 43.6 Å². The fourth-order valence-electron chi connectivity index (χ4n) is 3.09. The van der Waals surface area contributed by atoms with Crippen molar-refractivity contribution in [1.82, 2.24) is 10.2 Å². The molecule has 0 aromatic heterocycles. The normalized spacial score (nSPS) is 17.3. The highest BCUT2D eigenvalue weighted by molar-refractivity contribution is 5.77. The lowest BCUT2D eigenvalue weighted by atomic mass is 9.80. The number of rotatable bonds is 6. The van der Waals surface area contributed by atoms with Crippen LogP contribution in [0.25, 0.3) is 0 Å². The van der Waals surface area contributed by atoms with Gasteiger partial charge in [0.15, 0.2) is 6.61 Å². The first-order valence-corrected chi connectivity index (χ1v) is 8.15. The number of carbonyl (C=O) groups excluding carboxylic acids is 1. The van der Waals surface area contributed by atoms with Gasteiger partial charge < -0.3 is 15.0 Å². The molecule has 0 saturated heterocycles. The van der Waals surface area contributed by atoms with Gasteiger partial charge in [0.2, 0.25) is 0 Å². The average molecular weight is 304 g/mol. The van der Waals surface area contributed by atoms with Crippen LogP contribution in [0.2, 0.25) is 0 Å². The molecule has 4 heteroatoms. The molecule has 1 aliphatic rings. The van der Waals surface area contributed by atoms with E-state index in [1.807, 2.05) is 31.2 Å². The lowest BCUT2D eigenvalue weighted by molar-refractivity contribution is -0.123. The molecule has 0 spiro atoms. The Bertz CT molecular complexity index is 476. The summed E-state index contributed by atoms with van der Waals surface area (Å²) in [5.41, 5.74) is 1.29. The molecule has 1 aromatic carbocycles. The van der Waals surface area contributed by atoms with E-state index in [0.29, 0.717) is 6.54 Å². The summed E-state index contributed by atoms with van der Waals surface area (Å²) in [6, 6.07) is 7.75. The fraction of sp³-hybridized carbons (Fsp3) is 0.611. The summed E-state index contributed by atoms with van der Waals surface area (Å²) in [5.74, 6) is 0.688. The van der Waals surface area contributed by atoms with Gasteiger partial charge in [0.1, 0.15) is 5.75 Å². The maximum atomic E-state index is 12.0. The van der Waals surface area contributed by atoms with Gasteiger partial charge in [0, 0.05) is 12.1 Å². The van der Waals surface area contributed by atoms with Crippen LogP contribution in [0.4, 0.5) is 0 Å². The second-order valence-electron chi connectivity index (χ2n) is 6.56. The summed E-state index contributed by atoms with van der Waals surface area (Å²) >= 11 is 0. The molecule has 0 radical (unpaired) electrons. The first kappa shape index (κ1) is 16.8. The van der Waals surface area contributed by atoms with Crippen molar-refractivity contribution >= 4 is 5.91 Å².